The van der Waals surface area contributed by atoms with Crippen LogP contribution in [-0.4, -0.2) is 21.9 Å². The molecule has 0 atom stereocenters. The van der Waals surface area contributed by atoms with Crippen molar-refractivity contribution in [3.63, 3.8) is 0 Å². The maximum Gasteiger partial charge on any atom is 0.225 e. The first-order valence-electron chi connectivity index (χ1n) is 8.09. The van der Waals surface area contributed by atoms with Gasteiger partial charge >= 0.3 is 0 Å². The van der Waals surface area contributed by atoms with Crippen molar-refractivity contribution >= 4 is 11.6 Å². The molecule has 2 aromatic carbocycles. The van der Waals surface area contributed by atoms with Crippen LogP contribution < -0.4 is 10.1 Å². The number of rotatable bonds is 7. The summed E-state index contributed by atoms with van der Waals surface area (Å²) in [5.41, 5.74) is 2.28. The van der Waals surface area contributed by atoms with E-state index in [1.54, 1.807) is 11.8 Å². The smallest absolute Gasteiger partial charge is 0.225 e. The lowest BCUT2D eigenvalue weighted by atomic mass is 10.1. The number of aryl methyl sites for hydroxylation is 3. The Morgan fingerprint density at radius 2 is 1.88 bits per heavy atom. The fourth-order valence-corrected chi connectivity index (χ4v) is 2.58. The van der Waals surface area contributed by atoms with Crippen LogP contribution in [0.5, 0.6) is 5.75 Å². The molecule has 0 unspecified atom stereocenters. The summed E-state index contributed by atoms with van der Waals surface area (Å²) in [6, 6.07) is 18.3. The van der Waals surface area contributed by atoms with Crippen molar-refractivity contribution < 1.29 is 4.74 Å². The van der Waals surface area contributed by atoms with Crippen LogP contribution in [0.3, 0.4) is 0 Å². The molecular formula is C19H22N4O. The Kier molecular flexibility index (Phi) is 5.11. The number of nitrogens with zero attached hydrogens (tertiary/aromatic N) is 3. The van der Waals surface area contributed by atoms with E-state index in [4.69, 9.17) is 4.74 Å². The molecule has 0 aliphatic carbocycles. The average molecular weight is 322 g/mol. The maximum absolute atomic E-state index is 5.24. The fraction of sp³-hybridized carbons (Fsp3) is 0.263. The van der Waals surface area contributed by atoms with E-state index in [2.05, 4.69) is 39.7 Å². The van der Waals surface area contributed by atoms with Gasteiger partial charge in [-0.1, -0.05) is 36.4 Å². The molecule has 124 valence electrons. The largest absolute Gasteiger partial charge is 0.497 e. The minimum atomic E-state index is 0.734. The number of benzene rings is 2. The van der Waals surface area contributed by atoms with Crippen molar-refractivity contribution in [2.75, 3.05) is 12.4 Å². The van der Waals surface area contributed by atoms with E-state index < -0.39 is 0 Å². The van der Waals surface area contributed by atoms with Crippen molar-refractivity contribution in [3.8, 4) is 5.75 Å². The van der Waals surface area contributed by atoms with Crippen LogP contribution in [0.15, 0.2) is 54.6 Å². The first-order valence-corrected chi connectivity index (χ1v) is 8.09. The molecule has 24 heavy (non-hydrogen) atoms. The molecule has 0 aliphatic rings. The van der Waals surface area contributed by atoms with Crippen LogP contribution in [-0.2, 0) is 19.9 Å². The van der Waals surface area contributed by atoms with Crippen LogP contribution in [0.2, 0.25) is 0 Å². The van der Waals surface area contributed by atoms with Gasteiger partial charge in [0.1, 0.15) is 5.75 Å². The van der Waals surface area contributed by atoms with Crippen LogP contribution in [0.1, 0.15) is 17.8 Å². The molecule has 1 aromatic heterocycles. The second-order valence-corrected chi connectivity index (χ2v) is 5.67. The molecule has 0 saturated heterocycles. The van der Waals surface area contributed by atoms with E-state index in [0.29, 0.717) is 0 Å². The highest BCUT2D eigenvalue weighted by atomic mass is 16.5. The van der Waals surface area contributed by atoms with Crippen molar-refractivity contribution in [2.45, 2.75) is 19.3 Å². The lowest BCUT2D eigenvalue weighted by Crippen LogP contribution is -2.00. The first kappa shape index (κ1) is 16.1. The predicted molar refractivity (Wildman–Crippen MR) is 95.7 cm³/mol. The predicted octanol–water partition coefficient (Wildman–Crippen LogP) is 3.74. The summed E-state index contributed by atoms with van der Waals surface area (Å²) in [5.74, 6) is 2.40. The first-order chi connectivity index (χ1) is 11.7. The summed E-state index contributed by atoms with van der Waals surface area (Å²) < 4.78 is 7.02. The van der Waals surface area contributed by atoms with E-state index >= 15 is 0 Å². The topological polar surface area (TPSA) is 52.0 Å². The molecule has 0 radical (unpaired) electrons. The molecule has 1 heterocycles. The summed E-state index contributed by atoms with van der Waals surface area (Å²) in [7, 11) is 3.56. The number of methoxy groups -OCH3 is 1. The van der Waals surface area contributed by atoms with Gasteiger partial charge in [0.15, 0.2) is 5.82 Å². The number of ether oxygens (including phenoxy) is 1. The molecule has 0 aliphatic heterocycles. The number of hydrogen-bond donors (Lipinski definition) is 1. The molecule has 0 fully saturated rings. The lowest BCUT2D eigenvalue weighted by molar-refractivity contribution is 0.415. The molecule has 3 rings (SSSR count). The van der Waals surface area contributed by atoms with Gasteiger partial charge in [-0.2, -0.15) is 10.1 Å². The van der Waals surface area contributed by atoms with Crippen molar-refractivity contribution in [1.82, 2.24) is 14.8 Å². The van der Waals surface area contributed by atoms with Gasteiger partial charge in [0, 0.05) is 25.2 Å². The standard InChI is InChI=1S/C19H22N4O/c1-23-19(20-16-11-7-12-17(14-16)24-2)21-18(22-23)13-6-10-15-8-4-3-5-9-15/h3-5,7-9,11-12,14H,6,10,13H2,1-2H3,(H,20,21,22). The highest BCUT2D eigenvalue weighted by molar-refractivity contribution is 5.55. The van der Waals surface area contributed by atoms with Gasteiger partial charge in [-0.3, -0.25) is 0 Å². The van der Waals surface area contributed by atoms with Crippen LogP contribution in [0.25, 0.3) is 0 Å². The molecule has 3 aromatic rings. The molecule has 0 amide bonds. The Hall–Kier alpha value is -2.82. The van der Waals surface area contributed by atoms with E-state index in [0.717, 1.165) is 42.5 Å². The minimum absolute atomic E-state index is 0.734. The van der Waals surface area contributed by atoms with E-state index in [1.165, 1.54) is 5.56 Å². The van der Waals surface area contributed by atoms with Gasteiger partial charge < -0.3 is 10.1 Å². The van der Waals surface area contributed by atoms with Gasteiger partial charge in [-0.15, -0.1) is 0 Å². The van der Waals surface area contributed by atoms with Crippen LogP contribution >= 0.6 is 0 Å². The third kappa shape index (κ3) is 4.13. The zero-order valence-corrected chi connectivity index (χ0v) is 14.1. The van der Waals surface area contributed by atoms with E-state index in [-0.39, 0.29) is 0 Å². The highest BCUT2D eigenvalue weighted by Gasteiger charge is 2.08. The zero-order chi connectivity index (χ0) is 16.8. The van der Waals surface area contributed by atoms with Crippen LogP contribution in [0, 0.1) is 0 Å². The Balaban J connectivity index is 1.60. The van der Waals surface area contributed by atoms with Crippen molar-refractivity contribution in [3.05, 3.63) is 66.0 Å². The number of aromatic nitrogens is 3. The monoisotopic (exact) mass is 322 g/mol. The highest BCUT2D eigenvalue weighted by Crippen LogP contribution is 2.20. The second kappa shape index (κ2) is 7.64. The second-order valence-electron chi connectivity index (χ2n) is 5.67. The summed E-state index contributed by atoms with van der Waals surface area (Å²) in [6.07, 6.45) is 2.94. The molecule has 0 bridgehead atoms. The van der Waals surface area contributed by atoms with Gasteiger partial charge in [-0.25, -0.2) is 4.68 Å². The van der Waals surface area contributed by atoms with Gasteiger partial charge in [-0.05, 0) is 30.5 Å². The Morgan fingerprint density at radius 3 is 2.67 bits per heavy atom. The molecule has 0 spiro atoms. The van der Waals surface area contributed by atoms with Gasteiger partial charge in [0.25, 0.3) is 0 Å². The third-order valence-corrected chi connectivity index (χ3v) is 3.84. The van der Waals surface area contributed by atoms with Crippen molar-refractivity contribution in [1.29, 1.82) is 0 Å². The summed E-state index contributed by atoms with van der Waals surface area (Å²) in [5, 5.41) is 7.78. The number of hydrogen-bond acceptors (Lipinski definition) is 4. The quantitative estimate of drug-likeness (QED) is 0.720. The Labute approximate surface area is 142 Å². The SMILES string of the molecule is COc1cccc(Nc2nc(CCCc3ccccc3)nn2C)c1. The molecular weight excluding hydrogens is 300 g/mol. The molecule has 0 saturated carbocycles. The van der Waals surface area contributed by atoms with Crippen LogP contribution in [0.4, 0.5) is 11.6 Å². The fourth-order valence-electron chi connectivity index (χ4n) is 2.58. The third-order valence-electron chi connectivity index (χ3n) is 3.84. The number of anilines is 2. The zero-order valence-electron chi connectivity index (χ0n) is 14.1. The average Bonchev–Trinajstić information content (AvgIpc) is 2.95. The summed E-state index contributed by atoms with van der Waals surface area (Å²) in [4.78, 5) is 4.59. The van der Waals surface area contributed by atoms with E-state index in [9.17, 15) is 0 Å². The van der Waals surface area contributed by atoms with Gasteiger partial charge in [0.05, 0.1) is 7.11 Å². The molecule has 5 nitrogen and oxygen atoms in total. The van der Waals surface area contributed by atoms with Gasteiger partial charge in [0.2, 0.25) is 5.95 Å². The Bertz CT molecular complexity index is 783. The normalized spacial score (nSPS) is 10.6. The molecule has 1 N–H and O–H groups in total. The maximum atomic E-state index is 5.24. The summed E-state index contributed by atoms with van der Waals surface area (Å²) >= 11 is 0. The summed E-state index contributed by atoms with van der Waals surface area (Å²) in [6.45, 7) is 0. The Morgan fingerprint density at radius 1 is 1.04 bits per heavy atom. The van der Waals surface area contributed by atoms with E-state index in [1.807, 2.05) is 37.4 Å². The lowest BCUT2D eigenvalue weighted by Gasteiger charge is -2.06. The van der Waals surface area contributed by atoms with Crippen molar-refractivity contribution in [2.24, 2.45) is 7.05 Å². The molecule has 5 heteroatoms. The number of nitrogens with one attached hydrogen (secondary N) is 1. The minimum Gasteiger partial charge on any atom is -0.497 e.